The summed E-state index contributed by atoms with van der Waals surface area (Å²) in [6.45, 7) is 4.75. The number of rotatable bonds is 2. The minimum absolute atomic E-state index is 0.172. The fraction of sp³-hybridized carbons (Fsp3) is 0.467. The van der Waals surface area contributed by atoms with Crippen LogP contribution in [0.1, 0.15) is 18.1 Å². The molecule has 1 saturated heterocycles. The maximum absolute atomic E-state index is 12.3. The van der Waals surface area contributed by atoms with Crippen molar-refractivity contribution in [3.05, 3.63) is 35.4 Å². The number of carbonyl (C=O) groups excluding carboxylic acids is 1. The largest absolute Gasteiger partial charge is 0.337 e. The Labute approximate surface area is 114 Å². The first-order valence-corrected chi connectivity index (χ1v) is 6.57. The van der Waals surface area contributed by atoms with Crippen molar-refractivity contribution in [3.8, 4) is 6.07 Å². The quantitative estimate of drug-likeness (QED) is 0.801. The average molecular weight is 257 g/mol. The van der Waals surface area contributed by atoms with Crippen LogP contribution in [0.5, 0.6) is 0 Å². The molecular formula is C15H19N3O. The summed E-state index contributed by atoms with van der Waals surface area (Å²) in [6, 6.07) is 9.59. The third kappa shape index (κ3) is 3.33. The third-order valence-corrected chi connectivity index (χ3v) is 3.59. The molecule has 0 spiro atoms. The summed E-state index contributed by atoms with van der Waals surface area (Å²) >= 11 is 0. The number of likely N-dealkylation sites (N-methyl/N-ethyl adjacent to an activating group) is 1. The lowest BCUT2D eigenvalue weighted by Gasteiger charge is -2.38. The summed E-state index contributed by atoms with van der Waals surface area (Å²) in [7, 11) is 2.08. The van der Waals surface area contributed by atoms with Crippen LogP contribution in [0, 0.1) is 11.3 Å². The molecule has 100 valence electrons. The molecule has 1 fully saturated rings. The molecule has 1 unspecified atom stereocenters. The summed E-state index contributed by atoms with van der Waals surface area (Å²) in [5.41, 5.74) is 1.60. The first-order valence-electron chi connectivity index (χ1n) is 6.57. The number of amides is 1. The molecule has 0 aromatic heterocycles. The normalized spacial score (nSPS) is 20.1. The number of piperazine rings is 1. The van der Waals surface area contributed by atoms with E-state index in [1.54, 1.807) is 12.1 Å². The van der Waals surface area contributed by atoms with E-state index in [1.165, 1.54) is 0 Å². The van der Waals surface area contributed by atoms with E-state index in [0.717, 1.165) is 25.2 Å². The summed E-state index contributed by atoms with van der Waals surface area (Å²) in [6.07, 6.45) is 0.416. The molecule has 0 aliphatic carbocycles. The maximum atomic E-state index is 12.3. The molecule has 4 nitrogen and oxygen atoms in total. The number of nitrogens with zero attached hydrogens (tertiary/aromatic N) is 3. The number of nitriles is 1. The predicted molar refractivity (Wildman–Crippen MR) is 73.5 cm³/mol. The predicted octanol–water partition coefficient (Wildman–Crippen LogP) is 1.26. The van der Waals surface area contributed by atoms with Crippen molar-refractivity contribution in [2.75, 3.05) is 26.7 Å². The Morgan fingerprint density at radius 1 is 1.37 bits per heavy atom. The van der Waals surface area contributed by atoms with Crippen molar-refractivity contribution in [2.45, 2.75) is 19.4 Å². The van der Waals surface area contributed by atoms with Gasteiger partial charge in [-0.3, -0.25) is 4.79 Å². The fourth-order valence-electron chi connectivity index (χ4n) is 2.48. The van der Waals surface area contributed by atoms with Gasteiger partial charge in [-0.25, -0.2) is 0 Å². The second-order valence-corrected chi connectivity index (χ2v) is 5.18. The summed E-state index contributed by atoms with van der Waals surface area (Å²) < 4.78 is 0. The molecule has 0 bridgehead atoms. The molecule has 1 aromatic rings. The van der Waals surface area contributed by atoms with Gasteiger partial charge in [0, 0.05) is 25.7 Å². The summed E-state index contributed by atoms with van der Waals surface area (Å²) in [4.78, 5) is 16.5. The van der Waals surface area contributed by atoms with Gasteiger partial charge in [-0.15, -0.1) is 0 Å². The molecule has 1 amide bonds. The van der Waals surface area contributed by atoms with Crippen LogP contribution in [0.25, 0.3) is 0 Å². The molecule has 2 rings (SSSR count). The SMILES string of the molecule is CC1CN(C)CCN1C(=O)Cc1ccc(C#N)cc1. The highest BCUT2D eigenvalue weighted by Crippen LogP contribution is 2.11. The highest BCUT2D eigenvalue weighted by molar-refractivity contribution is 5.79. The van der Waals surface area contributed by atoms with Gasteiger partial charge in [-0.1, -0.05) is 12.1 Å². The highest BCUT2D eigenvalue weighted by atomic mass is 16.2. The zero-order valence-corrected chi connectivity index (χ0v) is 11.5. The van der Waals surface area contributed by atoms with E-state index in [0.29, 0.717) is 12.0 Å². The molecule has 1 atom stereocenters. The molecule has 19 heavy (non-hydrogen) atoms. The molecule has 0 N–H and O–H groups in total. The standard InChI is InChI=1S/C15H19N3O/c1-12-11-17(2)7-8-18(12)15(19)9-13-3-5-14(10-16)6-4-13/h3-6,12H,7-9,11H2,1-2H3. The first-order chi connectivity index (χ1) is 9.10. The second-order valence-electron chi connectivity index (χ2n) is 5.18. The Hall–Kier alpha value is -1.86. The van der Waals surface area contributed by atoms with Gasteiger partial charge in [-0.2, -0.15) is 5.26 Å². The molecule has 1 aliphatic heterocycles. The van der Waals surface area contributed by atoms with Gasteiger partial charge in [0.15, 0.2) is 0 Å². The van der Waals surface area contributed by atoms with Gasteiger partial charge in [0.25, 0.3) is 0 Å². The van der Waals surface area contributed by atoms with Crippen LogP contribution in [0.4, 0.5) is 0 Å². The molecule has 1 aliphatic rings. The van der Waals surface area contributed by atoms with Crippen LogP contribution in [-0.4, -0.2) is 48.4 Å². The van der Waals surface area contributed by atoms with E-state index in [9.17, 15) is 4.79 Å². The van der Waals surface area contributed by atoms with Gasteiger partial charge in [0.2, 0.25) is 5.91 Å². The number of carbonyl (C=O) groups is 1. The Kier molecular flexibility index (Phi) is 4.18. The zero-order chi connectivity index (χ0) is 13.8. The van der Waals surface area contributed by atoms with Crippen LogP contribution in [0.3, 0.4) is 0 Å². The maximum Gasteiger partial charge on any atom is 0.227 e. The van der Waals surface area contributed by atoms with Crippen molar-refractivity contribution in [1.82, 2.24) is 9.80 Å². The molecule has 4 heteroatoms. The van der Waals surface area contributed by atoms with Crippen molar-refractivity contribution < 1.29 is 4.79 Å². The van der Waals surface area contributed by atoms with Crippen LogP contribution < -0.4 is 0 Å². The Morgan fingerprint density at radius 2 is 2.05 bits per heavy atom. The average Bonchev–Trinajstić information content (AvgIpc) is 2.39. The van der Waals surface area contributed by atoms with Gasteiger partial charge >= 0.3 is 0 Å². The lowest BCUT2D eigenvalue weighted by atomic mass is 10.1. The monoisotopic (exact) mass is 257 g/mol. The number of hydrogen-bond acceptors (Lipinski definition) is 3. The first kappa shape index (κ1) is 13.6. The molecule has 1 heterocycles. The second kappa shape index (κ2) is 5.85. The minimum atomic E-state index is 0.172. The van der Waals surface area contributed by atoms with Gasteiger partial charge in [-0.05, 0) is 31.7 Å². The molecule has 0 radical (unpaired) electrons. The van der Waals surface area contributed by atoms with Crippen molar-refractivity contribution in [2.24, 2.45) is 0 Å². The van der Waals surface area contributed by atoms with Crippen LogP contribution in [-0.2, 0) is 11.2 Å². The zero-order valence-electron chi connectivity index (χ0n) is 11.5. The Bertz CT molecular complexity index is 489. The number of hydrogen-bond donors (Lipinski definition) is 0. The van der Waals surface area contributed by atoms with Crippen LogP contribution in [0.2, 0.25) is 0 Å². The minimum Gasteiger partial charge on any atom is -0.337 e. The Morgan fingerprint density at radius 3 is 2.63 bits per heavy atom. The van der Waals surface area contributed by atoms with Crippen molar-refractivity contribution >= 4 is 5.91 Å². The molecule has 1 aromatic carbocycles. The summed E-state index contributed by atoms with van der Waals surface area (Å²) in [5.74, 6) is 0.172. The van der Waals surface area contributed by atoms with Gasteiger partial charge in [0.1, 0.15) is 0 Å². The van der Waals surface area contributed by atoms with E-state index in [2.05, 4.69) is 24.9 Å². The lowest BCUT2D eigenvalue weighted by Crippen LogP contribution is -2.53. The van der Waals surface area contributed by atoms with E-state index < -0.39 is 0 Å². The van der Waals surface area contributed by atoms with Crippen molar-refractivity contribution in [3.63, 3.8) is 0 Å². The third-order valence-electron chi connectivity index (χ3n) is 3.59. The topological polar surface area (TPSA) is 47.3 Å². The van der Waals surface area contributed by atoms with Crippen LogP contribution in [0.15, 0.2) is 24.3 Å². The fourth-order valence-corrected chi connectivity index (χ4v) is 2.48. The van der Waals surface area contributed by atoms with E-state index in [1.807, 2.05) is 17.0 Å². The Balaban J connectivity index is 1.98. The molecular weight excluding hydrogens is 238 g/mol. The van der Waals surface area contributed by atoms with E-state index in [4.69, 9.17) is 5.26 Å². The van der Waals surface area contributed by atoms with Crippen LogP contribution >= 0.6 is 0 Å². The smallest absolute Gasteiger partial charge is 0.227 e. The summed E-state index contributed by atoms with van der Waals surface area (Å²) in [5, 5.41) is 8.74. The van der Waals surface area contributed by atoms with E-state index in [-0.39, 0.29) is 11.9 Å². The van der Waals surface area contributed by atoms with Crippen molar-refractivity contribution in [1.29, 1.82) is 5.26 Å². The van der Waals surface area contributed by atoms with Gasteiger partial charge in [0.05, 0.1) is 18.1 Å². The van der Waals surface area contributed by atoms with E-state index >= 15 is 0 Å². The lowest BCUT2D eigenvalue weighted by molar-refractivity contribution is -0.134. The number of benzene rings is 1. The molecule has 0 saturated carbocycles. The highest BCUT2D eigenvalue weighted by Gasteiger charge is 2.25. The van der Waals surface area contributed by atoms with Gasteiger partial charge < -0.3 is 9.80 Å².